The Labute approximate surface area is 215 Å². The van der Waals surface area contributed by atoms with Crippen LogP contribution in [0.3, 0.4) is 0 Å². The van der Waals surface area contributed by atoms with Crippen LogP contribution in [0, 0.1) is 0 Å². The number of carbonyl (C=O) groups excluding carboxylic acids is 1. The Bertz CT molecular complexity index is 1320. The summed E-state index contributed by atoms with van der Waals surface area (Å²) in [7, 11) is 0. The number of hydrogen-bond donors (Lipinski definition) is 3. The first-order valence-electron chi connectivity index (χ1n) is 12.2. The van der Waals surface area contributed by atoms with Crippen LogP contribution in [0.4, 0.5) is 4.79 Å². The predicted molar refractivity (Wildman–Crippen MR) is 139 cm³/mol. The number of benzene rings is 3. The van der Waals surface area contributed by atoms with Crippen LogP contribution in [0.5, 0.6) is 5.75 Å². The molecule has 0 saturated heterocycles. The Morgan fingerprint density at radius 2 is 1.54 bits per heavy atom. The highest BCUT2D eigenvalue weighted by Crippen LogP contribution is 2.44. The van der Waals surface area contributed by atoms with Gasteiger partial charge in [-0.15, -0.1) is 0 Å². The molecule has 1 aliphatic carbocycles. The molecule has 1 aliphatic rings. The van der Waals surface area contributed by atoms with Gasteiger partial charge in [0.15, 0.2) is 0 Å². The fourth-order valence-electron chi connectivity index (χ4n) is 4.59. The molecule has 7 nitrogen and oxygen atoms in total. The zero-order chi connectivity index (χ0) is 25.6. The number of amides is 1. The summed E-state index contributed by atoms with van der Waals surface area (Å²) in [6.07, 6.45) is -0.184. The second-order valence-corrected chi connectivity index (χ2v) is 8.95. The lowest BCUT2D eigenvalue weighted by Gasteiger charge is -2.19. The summed E-state index contributed by atoms with van der Waals surface area (Å²) in [5.74, 6) is 0.412. The van der Waals surface area contributed by atoms with Crippen molar-refractivity contribution in [2.24, 2.45) is 0 Å². The Kier molecular flexibility index (Phi) is 7.44. The van der Waals surface area contributed by atoms with Crippen molar-refractivity contribution in [3.05, 3.63) is 120 Å². The summed E-state index contributed by atoms with van der Waals surface area (Å²) in [6.45, 7) is 0.337. The third-order valence-electron chi connectivity index (χ3n) is 6.49. The molecule has 0 aliphatic heterocycles. The van der Waals surface area contributed by atoms with Crippen molar-refractivity contribution >= 4 is 6.09 Å². The van der Waals surface area contributed by atoms with Gasteiger partial charge >= 0.3 is 6.09 Å². The van der Waals surface area contributed by atoms with E-state index in [0.29, 0.717) is 17.9 Å². The smallest absolute Gasteiger partial charge is 0.407 e. The Morgan fingerprint density at radius 1 is 0.892 bits per heavy atom. The van der Waals surface area contributed by atoms with E-state index in [1.807, 2.05) is 66.7 Å². The minimum atomic E-state index is -1.26. The molecule has 0 fully saturated rings. The van der Waals surface area contributed by atoms with Gasteiger partial charge in [-0.05, 0) is 33.9 Å². The van der Waals surface area contributed by atoms with Crippen molar-refractivity contribution in [2.45, 2.75) is 24.7 Å². The van der Waals surface area contributed by atoms with Crippen molar-refractivity contribution in [1.82, 2.24) is 10.3 Å². The third kappa shape index (κ3) is 5.63. The molecule has 7 heteroatoms. The average molecular weight is 497 g/mol. The van der Waals surface area contributed by atoms with E-state index in [4.69, 9.17) is 9.47 Å². The molecular weight excluding hydrogens is 468 g/mol. The average Bonchev–Trinajstić information content (AvgIpc) is 3.27. The number of nitrogens with zero attached hydrogens (tertiary/aromatic N) is 1. The van der Waals surface area contributed by atoms with Gasteiger partial charge in [-0.1, -0.05) is 78.9 Å². The van der Waals surface area contributed by atoms with Gasteiger partial charge in [-0.3, -0.25) is 4.98 Å². The highest BCUT2D eigenvalue weighted by Gasteiger charge is 2.29. The van der Waals surface area contributed by atoms with Gasteiger partial charge in [0.25, 0.3) is 0 Å². The van der Waals surface area contributed by atoms with Crippen molar-refractivity contribution < 1.29 is 24.5 Å². The Hall–Kier alpha value is -4.20. The SMILES string of the molecule is O=C(NCC(O)C(O)c1cncc(OCc2ccccc2)c1)OCC1c2ccccc2-c2ccccc21. The van der Waals surface area contributed by atoms with Crippen LogP contribution in [0.15, 0.2) is 97.3 Å². The van der Waals surface area contributed by atoms with Gasteiger partial charge in [-0.25, -0.2) is 4.79 Å². The molecule has 2 atom stereocenters. The summed E-state index contributed by atoms with van der Waals surface area (Å²) in [5.41, 5.74) is 5.92. The van der Waals surface area contributed by atoms with Gasteiger partial charge in [0.05, 0.1) is 6.20 Å². The molecule has 0 spiro atoms. The van der Waals surface area contributed by atoms with Crippen molar-refractivity contribution in [3.8, 4) is 16.9 Å². The number of hydrogen-bond acceptors (Lipinski definition) is 6. The van der Waals surface area contributed by atoms with E-state index in [1.165, 1.54) is 6.20 Å². The van der Waals surface area contributed by atoms with Crippen LogP contribution in [0.25, 0.3) is 11.1 Å². The van der Waals surface area contributed by atoms with Gasteiger partial charge in [0.1, 0.15) is 31.2 Å². The Balaban J connectivity index is 1.13. The third-order valence-corrected chi connectivity index (χ3v) is 6.49. The number of aliphatic hydroxyl groups is 2. The van der Waals surface area contributed by atoms with E-state index in [0.717, 1.165) is 27.8 Å². The maximum Gasteiger partial charge on any atom is 0.407 e. The summed E-state index contributed by atoms with van der Waals surface area (Å²) < 4.78 is 11.2. The van der Waals surface area contributed by atoms with E-state index in [-0.39, 0.29) is 19.1 Å². The number of aliphatic hydroxyl groups excluding tert-OH is 2. The summed E-state index contributed by atoms with van der Waals surface area (Å²) in [4.78, 5) is 16.5. The Morgan fingerprint density at radius 3 is 2.24 bits per heavy atom. The first-order chi connectivity index (χ1) is 18.1. The zero-order valence-electron chi connectivity index (χ0n) is 20.2. The van der Waals surface area contributed by atoms with E-state index in [2.05, 4.69) is 22.4 Å². The standard InChI is InChI=1S/C30H28N2O5/c33-28(29(34)21-14-22(16-31-15-21)36-18-20-8-2-1-3-9-20)17-32-30(35)37-19-27-25-12-6-4-10-23(25)24-11-5-7-13-26(24)27/h1-16,27-29,33-34H,17-19H2,(H,32,35). The second kappa shape index (κ2) is 11.2. The van der Waals surface area contributed by atoms with Gasteiger partial charge in [0.2, 0.25) is 0 Å². The van der Waals surface area contributed by atoms with Crippen LogP contribution < -0.4 is 10.1 Å². The maximum atomic E-state index is 12.4. The number of nitrogens with one attached hydrogen (secondary N) is 1. The lowest BCUT2D eigenvalue weighted by molar-refractivity contribution is 0.0182. The summed E-state index contributed by atoms with van der Waals surface area (Å²) in [5, 5.41) is 23.6. The maximum absolute atomic E-state index is 12.4. The first-order valence-corrected chi connectivity index (χ1v) is 12.2. The monoisotopic (exact) mass is 496 g/mol. The predicted octanol–water partition coefficient (Wildman–Crippen LogP) is 4.59. The highest BCUT2D eigenvalue weighted by atomic mass is 16.5. The summed E-state index contributed by atoms with van der Waals surface area (Å²) >= 11 is 0. The molecule has 188 valence electrons. The normalized spacial score (nSPS) is 13.8. The minimum Gasteiger partial charge on any atom is -0.487 e. The molecule has 1 aromatic heterocycles. The lowest BCUT2D eigenvalue weighted by atomic mass is 9.98. The van der Waals surface area contributed by atoms with Gasteiger partial charge in [-0.2, -0.15) is 0 Å². The van der Waals surface area contributed by atoms with E-state index >= 15 is 0 Å². The number of pyridine rings is 1. The molecule has 0 saturated carbocycles. The number of fused-ring (bicyclic) bond motifs is 3. The fourth-order valence-corrected chi connectivity index (χ4v) is 4.59. The van der Waals surface area contributed by atoms with Crippen molar-refractivity contribution in [3.63, 3.8) is 0 Å². The molecule has 3 aromatic carbocycles. The first kappa shape index (κ1) is 24.5. The number of aromatic nitrogens is 1. The van der Waals surface area contributed by atoms with Crippen LogP contribution in [-0.2, 0) is 11.3 Å². The van der Waals surface area contributed by atoms with E-state index in [9.17, 15) is 15.0 Å². The minimum absolute atomic E-state index is 0.0571. The highest BCUT2D eigenvalue weighted by molar-refractivity contribution is 5.79. The van der Waals surface area contributed by atoms with Crippen LogP contribution in [-0.4, -0.2) is 40.5 Å². The molecule has 37 heavy (non-hydrogen) atoms. The van der Waals surface area contributed by atoms with Gasteiger partial charge < -0.3 is 25.0 Å². The second-order valence-electron chi connectivity index (χ2n) is 8.95. The molecule has 2 unspecified atom stereocenters. The molecule has 1 heterocycles. The van der Waals surface area contributed by atoms with E-state index in [1.54, 1.807) is 12.3 Å². The quantitative estimate of drug-likeness (QED) is 0.313. The topological polar surface area (TPSA) is 101 Å². The largest absolute Gasteiger partial charge is 0.487 e. The molecule has 0 bridgehead atoms. The van der Waals surface area contributed by atoms with E-state index < -0.39 is 18.3 Å². The number of carbonyl (C=O) groups is 1. The molecule has 5 rings (SSSR count). The van der Waals surface area contributed by atoms with Crippen LogP contribution in [0.2, 0.25) is 0 Å². The van der Waals surface area contributed by atoms with Gasteiger partial charge in [0, 0.05) is 24.2 Å². The van der Waals surface area contributed by atoms with Crippen molar-refractivity contribution in [1.29, 1.82) is 0 Å². The molecule has 0 radical (unpaired) electrons. The summed E-state index contributed by atoms with van der Waals surface area (Å²) in [6, 6.07) is 27.5. The van der Waals surface area contributed by atoms with Crippen LogP contribution in [0.1, 0.15) is 34.3 Å². The molecule has 3 N–H and O–H groups in total. The lowest BCUT2D eigenvalue weighted by Crippen LogP contribution is -2.36. The fraction of sp³-hybridized carbons (Fsp3) is 0.200. The van der Waals surface area contributed by atoms with Crippen molar-refractivity contribution in [2.75, 3.05) is 13.2 Å². The number of rotatable bonds is 9. The number of alkyl carbamates (subject to hydrolysis) is 1. The van der Waals surface area contributed by atoms with Crippen LogP contribution >= 0.6 is 0 Å². The molecule has 1 amide bonds. The molecule has 4 aromatic rings. The molecular formula is C30H28N2O5. The number of ether oxygens (including phenoxy) is 2. The zero-order valence-corrected chi connectivity index (χ0v) is 20.2.